The van der Waals surface area contributed by atoms with E-state index in [0.717, 1.165) is 66.4 Å². The number of piperidine rings is 2. The molecule has 2 saturated heterocycles. The molecule has 1 aromatic carbocycles. The van der Waals surface area contributed by atoms with Gasteiger partial charge >= 0.3 is 0 Å². The van der Waals surface area contributed by atoms with E-state index in [0.29, 0.717) is 12.0 Å². The Balaban J connectivity index is 0.000000172. The SMILES string of the molecule is c1cc(-c2cncc(NC3CCNCC3)c2)ccn1.c1ccc(CN2CCCC(CNc3cncc(-c4ccncc4)c3)C2)cc1. The summed E-state index contributed by atoms with van der Waals surface area (Å²) in [6.07, 6.45) is 19.7. The lowest BCUT2D eigenvalue weighted by Crippen LogP contribution is -2.37. The molecular weight excluding hydrogens is 568 g/mol. The lowest BCUT2D eigenvalue weighted by Gasteiger charge is -2.33. The molecule has 236 valence electrons. The lowest BCUT2D eigenvalue weighted by molar-refractivity contribution is 0.173. The zero-order valence-corrected chi connectivity index (χ0v) is 26.4. The average molecular weight is 613 g/mol. The third-order valence-corrected chi connectivity index (χ3v) is 8.66. The molecule has 0 bridgehead atoms. The molecule has 46 heavy (non-hydrogen) atoms. The Morgan fingerprint density at radius 1 is 0.674 bits per heavy atom. The summed E-state index contributed by atoms with van der Waals surface area (Å²) in [6, 6.07) is 23.7. The monoisotopic (exact) mass is 612 g/mol. The summed E-state index contributed by atoms with van der Waals surface area (Å²) < 4.78 is 0. The highest BCUT2D eigenvalue weighted by atomic mass is 15.1. The molecule has 2 aliphatic heterocycles. The van der Waals surface area contributed by atoms with Crippen LogP contribution in [0.1, 0.15) is 31.2 Å². The summed E-state index contributed by atoms with van der Waals surface area (Å²) >= 11 is 0. The van der Waals surface area contributed by atoms with Crippen LogP contribution in [0.25, 0.3) is 22.3 Å². The number of hydrogen-bond donors (Lipinski definition) is 3. The summed E-state index contributed by atoms with van der Waals surface area (Å²) in [6.45, 7) is 6.58. The van der Waals surface area contributed by atoms with Gasteiger partial charge in [-0.05, 0) is 104 Å². The van der Waals surface area contributed by atoms with Crippen molar-refractivity contribution >= 4 is 11.4 Å². The maximum absolute atomic E-state index is 4.40. The maximum atomic E-state index is 4.40. The third kappa shape index (κ3) is 9.42. The van der Waals surface area contributed by atoms with Crippen LogP contribution in [-0.4, -0.2) is 63.6 Å². The number of pyridine rings is 4. The second-order valence-corrected chi connectivity index (χ2v) is 12.2. The number of nitrogens with zero attached hydrogens (tertiary/aromatic N) is 5. The van der Waals surface area contributed by atoms with Gasteiger partial charge in [0.1, 0.15) is 0 Å². The summed E-state index contributed by atoms with van der Waals surface area (Å²) in [5.41, 5.74) is 8.13. The first-order valence-electron chi connectivity index (χ1n) is 16.5. The fourth-order valence-electron chi connectivity index (χ4n) is 6.23. The Hall–Kier alpha value is -4.66. The van der Waals surface area contributed by atoms with Crippen molar-refractivity contribution in [1.29, 1.82) is 0 Å². The van der Waals surface area contributed by atoms with E-state index >= 15 is 0 Å². The molecule has 8 heteroatoms. The molecule has 0 amide bonds. The molecule has 4 aromatic heterocycles. The predicted octanol–water partition coefficient (Wildman–Crippen LogP) is 6.78. The largest absolute Gasteiger partial charge is 0.383 e. The first kappa shape index (κ1) is 31.3. The van der Waals surface area contributed by atoms with Gasteiger partial charge in [-0.15, -0.1) is 0 Å². The zero-order chi connectivity index (χ0) is 31.2. The molecule has 5 aromatic rings. The van der Waals surface area contributed by atoms with Crippen molar-refractivity contribution in [1.82, 2.24) is 30.2 Å². The van der Waals surface area contributed by atoms with Gasteiger partial charge in [-0.3, -0.25) is 24.8 Å². The normalized spacial score (nSPS) is 17.0. The Morgan fingerprint density at radius 3 is 1.98 bits per heavy atom. The first-order valence-corrected chi connectivity index (χ1v) is 16.5. The second kappa shape index (κ2) is 16.6. The maximum Gasteiger partial charge on any atom is 0.0535 e. The van der Waals surface area contributed by atoms with Crippen LogP contribution >= 0.6 is 0 Å². The molecule has 1 unspecified atom stereocenters. The summed E-state index contributed by atoms with van der Waals surface area (Å²) in [7, 11) is 0. The van der Waals surface area contributed by atoms with E-state index < -0.39 is 0 Å². The minimum atomic E-state index is 0.552. The molecule has 3 N–H and O–H groups in total. The highest BCUT2D eigenvalue weighted by molar-refractivity contribution is 5.67. The molecule has 2 fully saturated rings. The van der Waals surface area contributed by atoms with Crippen LogP contribution in [0, 0.1) is 5.92 Å². The van der Waals surface area contributed by atoms with Crippen LogP contribution in [0.5, 0.6) is 0 Å². The van der Waals surface area contributed by atoms with Crippen molar-refractivity contribution in [2.75, 3.05) is 43.4 Å². The van der Waals surface area contributed by atoms with Crippen LogP contribution in [0.3, 0.4) is 0 Å². The van der Waals surface area contributed by atoms with Gasteiger partial charge in [0.05, 0.1) is 11.4 Å². The minimum Gasteiger partial charge on any atom is -0.383 e. The van der Waals surface area contributed by atoms with E-state index in [1.807, 2.05) is 73.8 Å². The standard InChI is InChI=1S/C23H26N4.C15H18N4/c1-2-5-19(6-3-1)17-27-12-4-7-20(18-27)14-26-23-13-22(15-25-16-23)21-8-10-24-11-9-21;1-5-16-6-2-12(1)13-9-15(11-18-10-13)19-14-3-7-17-8-4-14/h1-3,5-6,8-11,13,15-16,20,26H,4,7,12,14,17-18H2;1-2,5-6,9-11,14,17,19H,3-4,7-8H2. The quantitative estimate of drug-likeness (QED) is 0.168. The van der Waals surface area contributed by atoms with Crippen molar-refractivity contribution in [3.8, 4) is 22.3 Å². The number of hydrogen-bond acceptors (Lipinski definition) is 8. The van der Waals surface area contributed by atoms with Crippen LogP contribution in [0.15, 0.2) is 116 Å². The average Bonchev–Trinajstić information content (AvgIpc) is 3.13. The van der Waals surface area contributed by atoms with E-state index in [2.05, 4.69) is 83.3 Å². The number of likely N-dealkylation sites (tertiary alicyclic amines) is 1. The number of aromatic nitrogens is 4. The van der Waals surface area contributed by atoms with Crippen molar-refractivity contribution in [2.24, 2.45) is 5.92 Å². The minimum absolute atomic E-state index is 0.552. The Morgan fingerprint density at radius 2 is 1.30 bits per heavy atom. The van der Waals surface area contributed by atoms with Crippen LogP contribution in [0.2, 0.25) is 0 Å². The predicted molar refractivity (Wildman–Crippen MR) is 187 cm³/mol. The topological polar surface area (TPSA) is 90.9 Å². The summed E-state index contributed by atoms with van der Waals surface area (Å²) in [5, 5.41) is 10.6. The Kier molecular flexibility index (Phi) is 11.3. The molecule has 8 nitrogen and oxygen atoms in total. The van der Waals surface area contributed by atoms with Crippen LogP contribution in [0.4, 0.5) is 11.4 Å². The van der Waals surface area contributed by atoms with E-state index in [-0.39, 0.29) is 0 Å². The lowest BCUT2D eigenvalue weighted by atomic mass is 9.97. The van der Waals surface area contributed by atoms with Crippen LogP contribution < -0.4 is 16.0 Å². The van der Waals surface area contributed by atoms with Crippen molar-refractivity contribution in [3.63, 3.8) is 0 Å². The van der Waals surface area contributed by atoms with Gasteiger partial charge in [-0.1, -0.05) is 30.3 Å². The fraction of sp³-hybridized carbons (Fsp3) is 0.316. The molecule has 2 aliphatic rings. The van der Waals surface area contributed by atoms with Crippen molar-refractivity contribution in [3.05, 3.63) is 122 Å². The number of nitrogens with one attached hydrogen (secondary N) is 3. The molecule has 0 radical (unpaired) electrons. The molecule has 7 rings (SSSR count). The van der Waals surface area contributed by atoms with E-state index in [9.17, 15) is 0 Å². The Labute approximate surface area is 272 Å². The highest BCUT2D eigenvalue weighted by Crippen LogP contribution is 2.24. The smallest absolute Gasteiger partial charge is 0.0535 e. The van der Waals surface area contributed by atoms with Gasteiger partial charge in [-0.2, -0.15) is 0 Å². The zero-order valence-electron chi connectivity index (χ0n) is 26.4. The fourth-order valence-corrected chi connectivity index (χ4v) is 6.23. The van der Waals surface area contributed by atoms with E-state index in [1.165, 1.54) is 37.8 Å². The van der Waals surface area contributed by atoms with Gasteiger partial charge in [0.2, 0.25) is 0 Å². The van der Waals surface area contributed by atoms with Gasteiger partial charge in [0.25, 0.3) is 0 Å². The molecule has 6 heterocycles. The third-order valence-electron chi connectivity index (χ3n) is 8.66. The summed E-state index contributed by atoms with van der Waals surface area (Å²) in [5.74, 6) is 0.673. The molecule has 0 spiro atoms. The molecular formula is C38H44N8. The summed E-state index contributed by atoms with van der Waals surface area (Å²) in [4.78, 5) is 19.4. The van der Waals surface area contributed by atoms with E-state index in [1.54, 1.807) is 0 Å². The Bertz CT molecular complexity index is 1590. The van der Waals surface area contributed by atoms with Crippen molar-refractivity contribution in [2.45, 2.75) is 38.3 Å². The number of anilines is 2. The van der Waals surface area contributed by atoms with E-state index in [4.69, 9.17) is 0 Å². The number of rotatable bonds is 9. The first-order chi connectivity index (χ1) is 22.8. The van der Waals surface area contributed by atoms with Gasteiger partial charge in [0.15, 0.2) is 0 Å². The van der Waals surface area contributed by atoms with Crippen molar-refractivity contribution < 1.29 is 0 Å². The van der Waals surface area contributed by atoms with Gasteiger partial charge < -0.3 is 16.0 Å². The molecule has 1 atom stereocenters. The van der Waals surface area contributed by atoms with Crippen LogP contribution in [-0.2, 0) is 6.54 Å². The number of benzene rings is 1. The highest BCUT2D eigenvalue weighted by Gasteiger charge is 2.20. The molecule has 0 aliphatic carbocycles. The van der Waals surface area contributed by atoms with Gasteiger partial charge in [0, 0.05) is 86.4 Å². The second-order valence-electron chi connectivity index (χ2n) is 12.2. The van der Waals surface area contributed by atoms with Gasteiger partial charge in [-0.25, -0.2) is 0 Å². The molecule has 0 saturated carbocycles.